The molecule has 0 aliphatic carbocycles. The summed E-state index contributed by atoms with van der Waals surface area (Å²) < 4.78 is 1.55. The molecule has 1 N–H and O–H groups in total. The van der Waals surface area contributed by atoms with Gasteiger partial charge in [-0.25, -0.2) is 4.98 Å². The summed E-state index contributed by atoms with van der Waals surface area (Å²) in [6.45, 7) is 4.06. The van der Waals surface area contributed by atoms with E-state index in [1.807, 2.05) is 54.6 Å². The smallest absolute Gasteiger partial charge is 0.262 e. The molecule has 0 bridgehead atoms. The third-order valence-electron chi connectivity index (χ3n) is 4.53. The van der Waals surface area contributed by atoms with Crippen LogP contribution in [0.5, 0.6) is 0 Å². The molecule has 5 nitrogen and oxygen atoms in total. The van der Waals surface area contributed by atoms with Gasteiger partial charge in [0.15, 0.2) is 5.16 Å². The number of nitrogens with one attached hydrogen (secondary N) is 1. The fourth-order valence-electron chi connectivity index (χ4n) is 3.20. The summed E-state index contributed by atoms with van der Waals surface area (Å²) >= 11 is 1.24. The van der Waals surface area contributed by atoms with Crippen molar-refractivity contribution in [3.05, 3.63) is 89.7 Å². The van der Waals surface area contributed by atoms with E-state index in [9.17, 15) is 9.59 Å². The quantitative estimate of drug-likeness (QED) is 0.294. The van der Waals surface area contributed by atoms with Gasteiger partial charge in [0, 0.05) is 17.6 Å². The normalized spacial score (nSPS) is 10.9. The number of hydrogen-bond acceptors (Lipinski definition) is 4. The molecule has 1 amide bonds. The first kappa shape index (κ1) is 19.0. The summed E-state index contributed by atoms with van der Waals surface area (Å²) in [5, 5.41) is 6.07. The molecule has 0 aliphatic rings. The van der Waals surface area contributed by atoms with E-state index in [-0.39, 0.29) is 17.2 Å². The second kappa shape index (κ2) is 8.32. The minimum absolute atomic E-state index is 0.132. The standard InChI is InChI=1S/C23H19N3O2S/c1-2-14-26-22(28)18-11-5-6-12-20(18)25-23(26)29-15-21(27)24-19-13-7-9-16-8-3-4-10-17(16)19/h2-13H,1,14-15H2,(H,24,27). The number of benzene rings is 3. The van der Waals surface area contributed by atoms with Gasteiger partial charge in [0.1, 0.15) is 0 Å². The van der Waals surface area contributed by atoms with Gasteiger partial charge in [0.05, 0.1) is 16.7 Å². The largest absolute Gasteiger partial charge is 0.325 e. The van der Waals surface area contributed by atoms with E-state index in [4.69, 9.17) is 0 Å². The Morgan fingerprint density at radius 2 is 1.76 bits per heavy atom. The molecular formula is C23H19N3O2S. The van der Waals surface area contributed by atoms with Crippen molar-refractivity contribution in [3.8, 4) is 0 Å². The van der Waals surface area contributed by atoms with Gasteiger partial charge in [-0.3, -0.25) is 14.2 Å². The number of rotatable bonds is 6. The van der Waals surface area contributed by atoms with Crippen molar-refractivity contribution >= 4 is 45.0 Å². The highest BCUT2D eigenvalue weighted by atomic mass is 32.2. The lowest BCUT2D eigenvalue weighted by Gasteiger charge is -2.12. The Morgan fingerprint density at radius 1 is 1.03 bits per heavy atom. The molecule has 0 unspecified atom stereocenters. The van der Waals surface area contributed by atoms with E-state index in [2.05, 4.69) is 16.9 Å². The lowest BCUT2D eigenvalue weighted by molar-refractivity contribution is -0.113. The van der Waals surface area contributed by atoms with Crippen molar-refractivity contribution in [3.63, 3.8) is 0 Å². The van der Waals surface area contributed by atoms with Gasteiger partial charge in [-0.1, -0.05) is 66.4 Å². The van der Waals surface area contributed by atoms with Gasteiger partial charge in [-0.15, -0.1) is 6.58 Å². The molecule has 0 fully saturated rings. The summed E-state index contributed by atoms with van der Waals surface area (Å²) in [4.78, 5) is 29.9. The molecule has 4 rings (SSSR count). The van der Waals surface area contributed by atoms with E-state index in [1.165, 1.54) is 11.8 Å². The number of carbonyl (C=O) groups is 1. The Balaban J connectivity index is 1.57. The predicted molar refractivity (Wildman–Crippen MR) is 120 cm³/mol. The van der Waals surface area contributed by atoms with E-state index in [0.29, 0.717) is 22.6 Å². The highest BCUT2D eigenvalue weighted by Crippen LogP contribution is 2.24. The Bertz CT molecular complexity index is 1270. The number of hydrogen-bond donors (Lipinski definition) is 1. The number of allylic oxidation sites excluding steroid dienone is 1. The molecule has 0 aliphatic heterocycles. The minimum Gasteiger partial charge on any atom is -0.325 e. The predicted octanol–water partition coefficient (Wildman–Crippen LogP) is 4.47. The fourth-order valence-corrected chi connectivity index (χ4v) is 4.01. The van der Waals surface area contributed by atoms with Gasteiger partial charge >= 0.3 is 0 Å². The minimum atomic E-state index is -0.154. The van der Waals surface area contributed by atoms with Crippen molar-refractivity contribution in [2.75, 3.05) is 11.1 Å². The maximum absolute atomic E-state index is 12.8. The van der Waals surface area contributed by atoms with Crippen LogP contribution >= 0.6 is 11.8 Å². The Kier molecular flexibility index (Phi) is 5.44. The molecule has 144 valence electrons. The van der Waals surface area contributed by atoms with Gasteiger partial charge < -0.3 is 5.32 Å². The number of nitrogens with zero attached hydrogens (tertiary/aromatic N) is 2. The molecule has 1 aromatic heterocycles. The Hall–Kier alpha value is -3.38. The highest BCUT2D eigenvalue weighted by molar-refractivity contribution is 7.99. The van der Waals surface area contributed by atoms with E-state index in [0.717, 1.165) is 16.5 Å². The second-order valence-electron chi connectivity index (χ2n) is 6.48. The Morgan fingerprint density at radius 3 is 2.59 bits per heavy atom. The van der Waals surface area contributed by atoms with Crippen LogP contribution in [0.15, 0.2) is 89.3 Å². The summed E-state index contributed by atoms with van der Waals surface area (Å²) in [6, 6.07) is 20.9. The van der Waals surface area contributed by atoms with Gasteiger partial charge in [0.25, 0.3) is 5.56 Å². The highest BCUT2D eigenvalue weighted by Gasteiger charge is 2.13. The molecule has 0 saturated carbocycles. The number of aromatic nitrogens is 2. The van der Waals surface area contributed by atoms with Crippen LogP contribution in [-0.2, 0) is 11.3 Å². The van der Waals surface area contributed by atoms with Crippen LogP contribution < -0.4 is 10.9 Å². The van der Waals surface area contributed by atoms with Crippen molar-refractivity contribution in [1.29, 1.82) is 0 Å². The van der Waals surface area contributed by atoms with Crippen molar-refractivity contribution < 1.29 is 4.79 Å². The van der Waals surface area contributed by atoms with Gasteiger partial charge in [-0.05, 0) is 23.6 Å². The van der Waals surface area contributed by atoms with E-state index < -0.39 is 0 Å². The topological polar surface area (TPSA) is 64.0 Å². The second-order valence-corrected chi connectivity index (χ2v) is 7.42. The van der Waals surface area contributed by atoms with Gasteiger partial charge in [-0.2, -0.15) is 0 Å². The molecule has 0 atom stereocenters. The lowest BCUT2D eigenvalue weighted by atomic mass is 10.1. The lowest BCUT2D eigenvalue weighted by Crippen LogP contribution is -2.23. The average molecular weight is 401 g/mol. The zero-order chi connectivity index (χ0) is 20.2. The molecule has 0 spiro atoms. The van der Waals surface area contributed by atoms with Crippen LogP contribution in [0.2, 0.25) is 0 Å². The SMILES string of the molecule is C=CCn1c(SCC(=O)Nc2cccc3ccccc23)nc2ccccc2c1=O. The number of para-hydroxylation sites is 1. The monoisotopic (exact) mass is 401 g/mol. The summed E-state index contributed by atoms with van der Waals surface area (Å²) in [5.41, 5.74) is 1.26. The number of amides is 1. The van der Waals surface area contributed by atoms with Crippen LogP contribution in [-0.4, -0.2) is 21.2 Å². The molecule has 1 heterocycles. The molecule has 3 aromatic carbocycles. The molecule has 0 radical (unpaired) electrons. The first-order valence-electron chi connectivity index (χ1n) is 9.18. The van der Waals surface area contributed by atoms with Crippen LogP contribution in [0.4, 0.5) is 5.69 Å². The zero-order valence-electron chi connectivity index (χ0n) is 15.7. The first-order chi connectivity index (χ1) is 14.2. The van der Waals surface area contributed by atoms with Gasteiger partial charge in [0.2, 0.25) is 5.91 Å². The van der Waals surface area contributed by atoms with Crippen LogP contribution in [0.3, 0.4) is 0 Å². The summed E-state index contributed by atoms with van der Waals surface area (Å²) in [5.74, 6) is -0.00979. The van der Waals surface area contributed by atoms with E-state index in [1.54, 1.807) is 22.8 Å². The Labute approximate surface area is 172 Å². The maximum atomic E-state index is 12.8. The average Bonchev–Trinajstić information content (AvgIpc) is 2.75. The number of anilines is 1. The molecule has 29 heavy (non-hydrogen) atoms. The van der Waals surface area contributed by atoms with Crippen molar-refractivity contribution in [2.45, 2.75) is 11.7 Å². The van der Waals surface area contributed by atoms with Crippen LogP contribution in [0.1, 0.15) is 0 Å². The van der Waals surface area contributed by atoms with Crippen molar-refractivity contribution in [2.24, 2.45) is 0 Å². The molecular weight excluding hydrogens is 382 g/mol. The number of carbonyl (C=O) groups excluding carboxylic acids is 1. The summed E-state index contributed by atoms with van der Waals surface area (Å²) in [6.07, 6.45) is 1.65. The third-order valence-corrected chi connectivity index (χ3v) is 5.51. The molecule has 0 saturated heterocycles. The van der Waals surface area contributed by atoms with Crippen LogP contribution in [0.25, 0.3) is 21.7 Å². The zero-order valence-corrected chi connectivity index (χ0v) is 16.5. The first-order valence-corrected chi connectivity index (χ1v) is 10.2. The number of thioether (sulfide) groups is 1. The molecule has 4 aromatic rings. The van der Waals surface area contributed by atoms with E-state index >= 15 is 0 Å². The third kappa shape index (κ3) is 3.93. The van der Waals surface area contributed by atoms with Crippen molar-refractivity contribution in [1.82, 2.24) is 9.55 Å². The molecule has 6 heteroatoms. The van der Waals surface area contributed by atoms with Crippen LogP contribution in [0, 0.1) is 0 Å². The maximum Gasteiger partial charge on any atom is 0.262 e. The fraction of sp³-hybridized carbons (Fsp3) is 0.0870. The number of fused-ring (bicyclic) bond motifs is 2. The summed E-state index contributed by atoms with van der Waals surface area (Å²) in [7, 11) is 0.